The van der Waals surface area contributed by atoms with Gasteiger partial charge in [-0.05, 0) is 60.2 Å². The molecule has 7 nitrogen and oxygen atoms in total. The van der Waals surface area contributed by atoms with Crippen molar-refractivity contribution in [3.05, 3.63) is 83.9 Å². The monoisotopic (exact) mass is 431 g/mol. The number of nitrogens with zero attached hydrogens (tertiary/aromatic N) is 3. The number of ketones is 1. The Kier molecular flexibility index (Phi) is 8.48. The molecule has 0 saturated carbocycles. The molecule has 0 heterocycles. The van der Waals surface area contributed by atoms with Crippen molar-refractivity contribution in [1.82, 2.24) is 0 Å². The minimum absolute atomic E-state index is 0.0134. The van der Waals surface area contributed by atoms with E-state index < -0.39 is 0 Å². The lowest BCUT2D eigenvalue weighted by Crippen LogP contribution is -2.23. The minimum Gasteiger partial charge on any atom is -0.398 e. The second-order valence-corrected chi connectivity index (χ2v) is 7.38. The van der Waals surface area contributed by atoms with Crippen molar-refractivity contribution in [3.63, 3.8) is 0 Å². The second-order valence-electron chi connectivity index (χ2n) is 7.38. The summed E-state index contributed by atoms with van der Waals surface area (Å²) < 4.78 is 5.42. The van der Waals surface area contributed by atoms with Gasteiger partial charge in [0, 0.05) is 43.5 Å². The van der Waals surface area contributed by atoms with Crippen LogP contribution < -0.4 is 16.4 Å². The maximum absolute atomic E-state index is 12.5. The first-order valence-electron chi connectivity index (χ1n) is 10.5. The molecule has 0 aliphatic heterocycles. The summed E-state index contributed by atoms with van der Waals surface area (Å²) in [5.41, 5.74) is 15.9. The fourth-order valence-electron chi connectivity index (χ4n) is 3.09. The van der Waals surface area contributed by atoms with Gasteiger partial charge in [-0.15, -0.1) is 0 Å². The Morgan fingerprint density at radius 1 is 0.906 bits per heavy atom. The van der Waals surface area contributed by atoms with Crippen LogP contribution in [0, 0.1) is 0 Å². The highest BCUT2D eigenvalue weighted by atomic mass is 16.5. The lowest BCUT2D eigenvalue weighted by molar-refractivity contribution is 0.0993. The van der Waals surface area contributed by atoms with E-state index in [9.17, 15) is 4.79 Å². The van der Waals surface area contributed by atoms with Crippen LogP contribution in [0.15, 0.2) is 83.0 Å². The molecule has 0 atom stereocenters. The number of nitrogens with two attached hydrogens (primary N) is 2. The van der Waals surface area contributed by atoms with Crippen LogP contribution in [0.1, 0.15) is 15.9 Å². The van der Waals surface area contributed by atoms with E-state index in [1.807, 2.05) is 49.5 Å². The Balaban J connectivity index is 1.55. The van der Waals surface area contributed by atoms with Crippen molar-refractivity contribution in [1.29, 1.82) is 0 Å². The van der Waals surface area contributed by atoms with Crippen molar-refractivity contribution >= 4 is 28.5 Å². The number of ether oxygens (including phenoxy) is 1. The summed E-state index contributed by atoms with van der Waals surface area (Å²) in [5, 5.41) is 8.55. The van der Waals surface area contributed by atoms with Gasteiger partial charge in [0.1, 0.15) is 0 Å². The number of carbonyl (C=O) groups is 1. The molecular weight excluding hydrogens is 402 g/mol. The van der Waals surface area contributed by atoms with Gasteiger partial charge in [-0.2, -0.15) is 10.2 Å². The predicted molar refractivity (Wildman–Crippen MR) is 129 cm³/mol. The third kappa shape index (κ3) is 6.73. The van der Waals surface area contributed by atoms with Gasteiger partial charge in [0.2, 0.25) is 0 Å². The highest BCUT2D eigenvalue weighted by Crippen LogP contribution is 2.22. The number of likely N-dealkylation sites (N-methyl/N-ethyl adjacent to an activating group) is 1. The number of nitrogen functional groups attached to an aromatic ring is 1. The second kappa shape index (κ2) is 11.7. The van der Waals surface area contributed by atoms with Crippen LogP contribution in [0.25, 0.3) is 0 Å². The summed E-state index contributed by atoms with van der Waals surface area (Å²) in [6.07, 6.45) is 0.271. The van der Waals surface area contributed by atoms with Gasteiger partial charge in [0.05, 0.1) is 24.6 Å². The number of rotatable bonds is 11. The maximum Gasteiger partial charge on any atom is 0.167 e. The van der Waals surface area contributed by atoms with E-state index in [-0.39, 0.29) is 12.2 Å². The molecule has 0 aromatic heterocycles. The van der Waals surface area contributed by atoms with Gasteiger partial charge < -0.3 is 21.1 Å². The highest BCUT2D eigenvalue weighted by molar-refractivity contribution is 5.98. The fraction of sp³-hybridized carbons (Fsp3) is 0.240. The molecule has 0 radical (unpaired) electrons. The Hall–Kier alpha value is -3.55. The minimum atomic E-state index is 0.0134. The van der Waals surface area contributed by atoms with E-state index in [0.717, 1.165) is 23.5 Å². The summed E-state index contributed by atoms with van der Waals surface area (Å²) in [5.74, 6) is 0.0134. The Morgan fingerprint density at radius 2 is 1.53 bits per heavy atom. The number of carbonyl (C=O) groups excluding carboxylic acids is 1. The van der Waals surface area contributed by atoms with Crippen LogP contribution >= 0.6 is 0 Å². The van der Waals surface area contributed by atoms with Gasteiger partial charge in [-0.3, -0.25) is 4.79 Å². The topological polar surface area (TPSA) is 106 Å². The first-order valence-corrected chi connectivity index (χ1v) is 10.5. The van der Waals surface area contributed by atoms with Crippen LogP contribution in [-0.4, -0.2) is 39.1 Å². The number of Topliss-reactive ketones (excluding diaryl/α,β-unsaturated/α-hetero) is 1. The Labute approximate surface area is 188 Å². The molecule has 0 unspecified atom stereocenters. The fourth-order valence-corrected chi connectivity index (χ4v) is 3.09. The van der Waals surface area contributed by atoms with Crippen molar-refractivity contribution in [2.24, 2.45) is 16.0 Å². The lowest BCUT2D eigenvalue weighted by Gasteiger charge is -2.19. The molecule has 3 rings (SSSR count). The molecule has 32 heavy (non-hydrogen) atoms. The normalized spacial score (nSPS) is 11.1. The van der Waals surface area contributed by atoms with Crippen molar-refractivity contribution in [3.8, 4) is 0 Å². The van der Waals surface area contributed by atoms with Gasteiger partial charge in [-0.1, -0.05) is 18.2 Å². The molecule has 166 valence electrons. The van der Waals surface area contributed by atoms with Crippen LogP contribution in [0.2, 0.25) is 0 Å². The number of benzene rings is 3. The zero-order valence-electron chi connectivity index (χ0n) is 18.3. The summed E-state index contributed by atoms with van der Waals surface area (Å²) >= 11 is 0. The van der Waals surface area contributed by atoms with Crippen molar-refractivity contribution in [2.45, 2.75) is 6.42 Å². The van der Waals surface area contributed by atoms with Crippen LogP contribution in [0.4, 0.5) is 22.7 Å². The van der Waals surface area contributed by atoms with E-state index in [1.165, 1.54) is 0 Å². The number of para-hydroxylation sites is 1. The molecule has 0 bridgehead atoms. The molecule has 0 aliphatic carbocycles. The predicted octanol–water partition coefficient (Wildman–Crippen LogP) is 4.52. The molecule has 3 aromatic carbocycles. The Morgan fingerprint density at radius 3 is 2.16 bits per heavy atom. The lowest BCUT2D eigenvalue weighted by atomic mass is 10.0. The van der Waals surface area contributed by atoms with E-state index in [1.54, 1.807) is 30.3 Å². The zero-order valence-corrected chi connectivity index (χ0v) is 18.3. The summed E-state index contributed by atoms with van der Waals surface area (Å²) in [4.78, 5) is 14.6. The summed E-state index contributed by atoms with van der Waals surface area (Å²) in [7, 11) is 2.01. The van der Waals surface area contributed by atoms with Gasteiger partial charge in [-0.25, -0.2) is 0 Å². The molecule has 0 amide bonds. The largest absolute Gasteiger partial charge is 0.398 e. The number of hydrogen-bond donors (Lipinski definition) is 2. The maximum atomic E-state index is 12.5. The number of anilines is 2. The molecule has 0 spiro atoms. The van der Waals surface area contributed by atoms with E-state index in [4.69, 9.17) is 16.2 Å². The third-order valence-corrected chi connectivity index (χ3v) is 5.00. The highest BCUT2D eigenvalue weighted by Gasteiger charge is 2.09. The number of azo groups is 1. The van der Waals surface area contributed by atoms with Gasteiger partial charge in [0.25, 0.3) is 0 Å². The van der Waals surface area contributed by atoms with Crippen LogP contribution in [-0.2, 0) is 11.2 Å². The first-order chi connectivity index (χ1) is 15.6. The average Bonchev–Trinajstić information content (AvgIpc) is 2.82. The van der Waals surface area contributed by atoms with Gasteiger partial charge in [0.15, 0.2) is 5.78 Å². The van der Waals surface area contributed by atoms with Crippen LogP contribution in [0.5, 0.6) is 0 Å². The smallest absolute Gasteiger partial charge is 0.167 e. The van der Waals surface area contributed by atoms with Crippen molar-refractivity contribution < 1.29 is 9.53 Å². The average molecular weight is 432 g/mol. The quantitative estimate of drug-likeness (QED) is 0.201. The first kappa shape index (κ1) is 23.1. The molecule has 0 aliphatic rings. The SMILES string of the molecule is CN(CCOCCN)c1ccc(N=Nc2ccc(C(=O)Cc3ccccc3N)cc2)cc1. The standard InChI is InChI=1S/C25H29N5O2/c1-30(15-17-32-16-14-26)23-12-10-22(11-13-23)29-28-21-8-6-19(7-9-21)25(31)18-20-4-2-3-5-24(20)27/h2-13H,14-18,26-27H2,1H3. The van der Waals surface area contributed by atoms with Gasteiger partial charge >= 0.3 is 0 Å². The molecule has 3 aromatic rings. The van der Waals surface area contributed by atoms with E-state index in [0.29, 0.717) is 36.7 Å². The van der Waals surface area contributed by atoms with E-state index >= 15 is 0 Å². The Bertz CT molecular complexity index is 1030. The molecule has 0 fully saturated rings. The molecule has 4 N–H and O–H groups in total. The third-order valence-electron chi connectivity index (χ3n) is 5.00. The van der Waals surface area contributed by atoms with E-state index in [2.05, 4.69) is 15.1 Å². The summed E-state index contributed by atoms with van der Waals surface area (Å²) in [6.45, 7) is 2.52. The molecular formula is C25H29N5O2. The molecule has 0 saturated heterocycles. The number of hydrogen-bond acceptors (Lipinski definition) is 7. The molecule has 7 heteroatoms. The summed E-state index contributed by atoms with van der Waals surface area (Å²) in [6, 6.07) is 22.3. The van der Waals surface area contributed by atoms with Crippen LogP contribution in [0.3, 0.4) is 0 Å². The zero-order chi connectivity index (χ0) is 22.8. The van der Waals surface area contributed by atoms with Crippen molar-refractivity contribution in [2.75, 3.05) is 44.0 Å².